The summed E-state index contributed by atoms with van der Waals surface area (Å²) in [4.78, 5) is 0. The molecule has 0 spiro atoms. The molecule has 2 aliphatic rings. The van der Waals surface area contributed by atoms with E-state index in [-0.39, 0.29) is 5.60 Å². The van der Waals surface area contributed by atoms with Gasteiger partial charge in [0, 0.05) is 5.92 Å². The second kappa shape index (κ2) is 1.40. The molecule has 1 heteroatoms. The van der Waals surface area contributed by atoms with E-state index in [9.17, 15) is 0 Å². The standard InChI is InChI=1S/C8H12O/c1-3-8(2)6-4-5-7(6)9-8/h4-7H,3H2,1-2H3. The van der Waals surface area contributed by atoms with Crippen LogP contribution in [0.25, 0.3) is 0 Å². The van der Waals surface area contributed by atoms with E-state index in [4.69, 9.17) is 4.74 Å². The van der Waals surface area contributed by atoms with Crippen molar-refractivity contribution in [1.29, 1.82) is 0 Å². The maximum absolute atomic E-state index is 5.59. The van der Waals surface area contributed by atoms with E-state index in [0.29, 0.717) is 6.10 Å². The van der Waals surface area contributed by atoms with Crippen LogP contribution in [-0.4, -0.2) is 11.7 Å². The van der Waals surface area contributed by atoms with Gasteiger partial charge in [-0.1, -0.05) is 19.1 Å². The van der Waals surface area contributed by atoms with Crippen molar-refractivity contribution in [3.8, 4) is 0 Å². The van der Waals surface area contributed by atoms with Gasteiger partial charge in [-0.05, 0) is 13.3 Å². The number of hydrogen-bond donors (Lipinski definition) is 0. The quantitative estimate of drug-likeness (QED) is 0.484. The van der Waals surface area contributed by atoms with Gasteiger partial charge in [-0.2, -0.15) is 0 Å². The van der Waals surface area contributed by atoms with Crippen molar-refractivity contribution in [3.05, 3.63) is 12.2 Å². The summed E-state index contributed by atoms with van der Waals surface area (Å²) in [7, 11) is 0. The van der Waals surface area contributed by atoms with Crippen LogP contribution in [0.15, 0.2) is 12.2 Å². The normalized spacial score (nSPS) is 53.6. The predicted molar refractivity (Wildman–Crippen MR) is 36.2 cm³/mol. The van der Waals surface area contributed by atoms with Gasteiger partial charge in [0.1, 0.15) is 0 Å². The molecule has 0 amide bonds. The molecule has 3 atom stereocenters. The highest BCUT2D eigenvalue weighted by Crippen LogP contribution is 2.47. The fourth-order valence-electron chi connectivity index (χ4n) is 1.61. The smallest absolute Gasteiger partial charge is 0.0853 e. The summed E-state index contributed by atoms with van der Waals surface area (Å²) in [6.07, 6.45) is 6.02. The van der Waals surface area contributed by atoms with Gasteiger partial charge < -0.3 is 4.74 Å². The number of hydrogen-bond acceptors (Lipinski definition) is 1. The Morgan fingerprint density at radius 3 is 2.44 bits per heavy atom. The van der Waals surface area contributed by atoms with Crippen molar-refractivity contribution in [1.82, 2.24) is 0 Å². The fraction of sp³-hybridized carbons (Fsp3) is 0.750. The molecule has 1 aliphatic heterocycles. The summed E-state index contributed by atoms with van der Waals surface area (Å²) < 4.78 is 5.59. The second-order valence-electron chi connectivity index (χ2n) is 3.16. The molecule has 1 saturated heterocycles. The van der Waals surface area contributed by atoms with Crippen LogP contribution in [-0.2, 0) is 4.74 Å². The molecule has 0 radical (unpaired) electrons. The lowest BCUT2D eigenvalue weighted by molar-refractivity contribution is -0.228. The Balaban J connectivity index is 2.12. The van der Waals surface area contributed by atoms with Crippen LogP contribution >= 0.6 is 0 Å². The van der Waals surface area contributed by atoms with Gasteiger partial charge in [0.05, 0.1) is 11.7 Å². The molecule has 0 aromatic carbocycles. The monoisotopic (exact) mass is 124 g/mol. The molecule has 1 heterocycles. The van der Waals surface area contributed by atoms with Crippen molar-refractivity contribution in [2.45, 2.75) is 32.0 Å². The molecule has 0 N–H and O–H groups in total. The minimum absolute atomic E-state index is 0.194. The Kier molecular flexibility index (Phi) is 0.854. The van der Waals surface area contributed by atoms with Gasteiger partial charge in [-0.3, -0.25) is 0 Å². The molecule has 1 aliphatic carbocycles. The first kappa shape index (κ1) is 5.48. The summed E-state index contributed by atoms with van der Waals surface area (Å²) in [5, 5.41) is 0. The van der Waals surface area contributed by atoms with Crippen LogP contribution in [0.1, 0.15) is 20.3 Å². The second-order valence-corrected chi connectivity index (χ2v) is 3.16. The Bertz CT molecular complexity index is 162. The third-order valence-electron chi connectivity index (χ3n) is 2.67. The molecule has 9 heavy (non-hydrogen) atoms. The average molecular weight is 124 g/mol. The zero-order chi connectivity index (χ0) is 6.48. The Morgan fingerprint density at radius 2 is 2.33 bits per heavy atom. The Morgan fingerprint density at radius 1 is 1.56 bits per heavy atom. The van der Waals surface area contributed by atoms with Crippen LogP contribution in [0.2, 0.25) is 0 Å². The topological polar surface area (TPSA) is 9.23 Å². The van der Waals surface area contributed by atoms with Crippen LogP contribution in [0.5, 0.6) is 0 Å². The third kappa shape index (κ3) is 0.485. The van der Waals surface area contributed by atoms with E-state index in [2.05, 4.69) is 26.0 Å². The van der Waals surface area contributed by atoms with Gasteiger partial charge in [0.15, 0.2) is 0 Å². The third-order valence-corrected chi connectivity index (χ3v) is 2.67. The Labute approximate surface area is 55.7 Å². The first-order valence-electron chi connectivity index (χ1n) is 3.62. The molecular weight excluding hydrogens is 112 g/mol. The van der Waals surface area contributed by atoms with Gasteiger partial charge in [-0.15, -0.1) is 0 Å². The van der Waals surface area contributed by atoms with E-state index in [0.717, 1.165) is 12.3 Å². The number of rotatable bonds is 1. The lowest BCUT2D eigenvalue weighted by Crippen LogP contribution is -2.59. The molecule has 1 fully saturated rings. The van der Waals surface area contributed by atoms with Gasteiger partial charge in [-0.25, -0.2) is 0 Å². The maximum atomic E-state index is 5.59. The maximum Gasteiger partial charge on any atom is 0.0853 e. The van der Waals surface area contributed by atoms with E-state index in [1.165, 1.54) is 0 Å². The fourth-order valence-corrected chi connectivity index (χ4v) is 1.61. The molecule has 0 saturated carbocycles. The molecule has 3 unspecified atom stereocenters. The highest BCUT2D eigenvalue weighted by molar-refractivity contribution is 5.23. The first-order chi connectivity index (χ1) is 4.26. The average Bonchev–Trinajstić information content (AvgIpc) is 1.82. The van der Waals surface area contributed by atoms with E-state index in [1.807, 2.05) is 0 Å². The summed E-state index contributed by atoms with van der Waals surface area (Å²) in [6.45, 7) is 4.38. The van der Waals surface area contributed by atoms with Gasteiger partial charge in [0.2, 0.25) is 0 Å². The number of fused-ring (bicyclic) bond motifs is 1. The van der Waals surface area contributed by atoms with E-state index in [1.54, 1.807) is 0 Å². The molecule has 0 aromatic rings. The molecule has 0 bridgehead atoms. The lowest BCUT2D eigenvalue weighted by Gasteiger charge is -2.55. The van der Waals surface area contributed by atoms with Crippen molar-refractivity contribution in [2.75, 3.05) is 0 Å². The lowest BCUT2D eigenvalue weighted by atomic mass is 9.70. The molecule has 2 rings (SSSR count). The largest absolute Gasteiger partial charge is 0.367 e. The van der Waals surface area contributed by atoms with Crippen LogP contribution < -0.4 is 0 Å². The van der Waals surface area contributed by atoms with Crippen molar-refractivity contribution >= 4 is 0 Å². The van der Waals surface area contributed by atoms with E-state index < -0.39 is 0 Å². The number of ether oxygens (including phenoxy) is 1. The van der Waals surface area contributed by atoms with Crippen LogP contribution in [0.4, 0.5) is 0 Å². The zero-order valence-corrected chi connectivity index (χ0v) is 5.92. The van der Waals surface area contributed by atoms with Gasteiger partial charge in [0.25, 0.3) is 0 Å². The van der Waals surface area contributed by atoms with Crippen molar-refractivity contribution < 1.29 is 4.74 Å². The zero-order valence-electron chi connectivity index (χ0n) is 5.92. The van der Waals surface area contributed by atoms with Crippen LogP contribution in [0.3, 0.4) is 0 Å². The van der Waals surface area contributed by atoms with Crippen LogP contribution in [0, 0.1) is 5.92 Å². The molecule has 1 nitrogen and oxygen atoms in total. The summed E-state index contributed by atoms with van der Waals surface area (Å²) in [5.74, 6) is 0.738. The highest BCUT2D eigenvalue weighted by atomic mass is 16.5. The predicted octanol–water partition coefficient (Wildman–Crippen LogP) is 1.74. The minimum atomic E-state index is 0.194. The Hall–Kier alpha value is -0.300. The van der Waals surface area contributed by atoms with Crippen molar-refractivity contribution in [3.63, 3.8) is 0 Å². The summed E-state index contributed by atoms with van der Waals surface area (Å²) in [6, 6.07) is 0. The summed E-state index contributed by atoms with van der Waals surface area (Å²) >= 11 is 0. The molecule has 50 valence electrons. The minimum Gasteiger partial charge on any atom is -0.367 e. The molecule has 0 aromatic heterocycles. The first-order valence-corrected chi connectivity index (χ1v) is 3.62. The SMILES string of the molecule is CCC1(C)OC2C=CC21. The summed E-state index contributed by atoms with van der Waals surface area (Å²) in [5.41, 5.74) is 0.194. The van der Waals surface area contributed by atoms with E-state index >= 15 is 0 Å². The highest BCUT2D eigenvalue weighted by Gasteiger charge is 2.52. The van der Waals surface area contributed by atoms with Gasteiger partial charge >= 0.3 is 0 Å². The van der Waals surface area contributed by atoms with Crippen molar-refractivity contribution in [2.24, 2.45) is 5.92 Å². The molecular formula is C8H12O.